The smallest absolute Gasteiger partial charge is 0.451 e. The van der Waals surface area contributed by atoms with Crippen molar-refractivity contribution < 1.29 is 34.6 Å². The zero-order chi connectivity index (χ0) is 20.3. The van der Waals surface area contributed by atoms with Gasteiger partial charge in [0.25, 0.3) is 0 Å². The normalized spacial score (nSPS) is 15.4. The van der Waals surface area contributed by atoms with Gasteiger partial charge in [-0.2, -0.15) is 0 Å². The van der Waals surface area contributed by atoms with Crippen LogP contribution in [0.5, 0.6) is 11.5 Å². The summed E-state index contributed by atoms with van der Waals surface area (Å²) in [5.41, 5.74) is 5.73. The van der Waals surface area contributed by atoms with Crippen LogP contribution >= 0.6 is 0 Å². The highest BCUT2D eigenvalue weighted by atomic mass is 16.5. The maximum Gasteiger partial charge on any atom is 0.451 e. The number of likely N-dealkylation sites (tertiary alicyclic amines) is 1. The summed E-state index contributed by atoms with van der Waals surface area (Å²) in [4.78, 5) is 25.2. The summed E-state index contributed by atoms with van der Waals surface area (Å²) < 4.78 is 5.65. The van der Waals surface area contributed by atoms with E-state index in [-0.39, 0.29) is 54.5 Å². The third kappa shape index (κ3) is 4.91. The number of aromatic carboxylic acids is 1. The molecule has 0 radical (unpaired) electrons. The van der Waals surface area contributed by atoms with Crippen molar-refractivity contribution in [2.75, 3.05) is 13.1 Å². The van der Waals surface area contributed by atoms with E-state index in [1.165, 1.54) is 12.1 Å². The van der Waals surface area contributed by atoms with Gasteiger partial charge in [0.15, 0.2) is 0 Å². The van der Waals surface area contributed by atoms with Crippen LogP contribution in [0.15, 0.2) is 12.1 Å². The van der Waals surface area contributed by atoms with Gasteiger partial charge in [-0.15, -0.1) is 0 Å². The maximum atomic E-state index is 12.1. The number of hydrogen-bond acceptors (Lipinski definition) is 7. The van der Waals surface area contributed by atoms with Crippen LogP contribution in [0.2, 0.25) is 6.32 Å². The van der Waals surface area contributed by atoms with Gasteiger partial charge in [0.2, 0.25) is 5.91 Å². The Balaban J connectivity index is 2.06. The van der Waals surface area contributed by atoms with E-state index in [0.29, 0.717) is 0 Å². The first-order valence-corrected chi connectivity index (χ1v) is 8.77. The van der Waals surface area contributed by atoms with Crippen molar-refractivity contribution in [1.82, 2.24) is 4.90 Å². The highest BCUT2D eigenvalue weighted by Crippen LogP contribution is 2.34. The largest absolute Gasteiger partial charge is 0.507 e. The predicted molar refractivity (Wildman–Crippen MR) is 97.6 cm³/mol. The minimum atomic E-state index is -1.55. The van der Waals surface area contributed by atoms with Gasteiger partial charge in [0.05, 0.1) is 19.1 Å². The molecule has 0 bridgehead atoms. The van der Waals surface area contributed by atoms with Crippen molar-refractivity contribution >= 4 is 19.0 Å². The molecule has 0 unspecified atom stereocenters. The molecule has 1 saturated heterocycles. The molecule has 0 aromatic heterocycles. The van der Waals surface area contributed by atoms with Crippen molar-refractivity contribution in [2.45, 2.75) is 38.7 Å². The molecule has 1 fully saturated rings. The van der Waals surface area contributed by atoms with Crippen LogP contribution in [0.25, 0.3) is 0 Å². The third-order valence-corrected chi connectivity index (χ3v) is 4.57. The van der Waals surface area contributed by atoms with Gasteiger partial charge >= 0.3 is 13.1 Å². The lowest BCUT2D eigenvalue weighted by molar-refractivity contribution is -0.142. The second-order valence-electron chi connectivity index (χ2n) is 7.02. The van der Waals surface area contributed by atoms with Crippen molar-refractivity contribution in [3.63, 3.8) is 0 Å². The maximum absolute atomic E-state index is 12.1. The summed E-state index contributed by atoms with van der Waals surface area (Å²) in [7, 11) is -1.55. The van der Waals surface area contributed by atoms with E-state index in [2.05, 4.69) is 0 Å². The number of hydrogen-bond donors (Lipinski definition) is 5. The summed E-state index contributed by atoms with van der Waals surface area (Å²) in [5, 5.41) is 37.5. The van der Waals surface area contributed by atoms with Crippen LogP contribution in [0.4, 0.5) is 0 Å². The molecule has 27 heavy (non-hydrogen) atoms. The molecule has 1 aliphatic heterocycles. The topological polar surface area (TPSA) is 154 Å². The molecule has 148 valence electrons. The molecule has 9 nitrogen and oxygen atoms in total. The number of carboxylic acid groups (broad SMARTS) is 1. The van der Waals surface area contributed by atoms with Gasteiger partial charge in [-0.3, -0.25) is 4.79 Å². The Morgan fingerprint density at radius 2 is 1.96 bits per heavy atom. The molecular weight excluding hydrogens is 355 g/mol. The SMILES string of the molecule is CC(C)[C@H](N)C(=O)N1CC(Oc2ccc(CCB(O)O)c(O)c2C(=O)O)C1. The fraction of sp³-hybridized carbons (Fsp3) is 0.529. The Bertz CT molecular complexity index is 705. The fourth-order valence-corrected chi connectivity index (χ4v) is 2.78. The van der Waals surface area contributed by atoms with E-state index in [1.807, 2.05) is 13.8 Å². The highest BCUT2D eigenvalue weighted by Gasteiger charge is 2.36. The monoisotopic (exact) mass is 380 g/mol. The van der Waals surface area contributed by atoms with E-state index in [9.17, 15) is 19.8 Å². The van der Waals surface area contributed by atoms with E-state index in [4.69, 9.17) is 20.5 Å². The predicted octanol–water partition coefficient (Wildman–Crippen LogP) is -0.321. The first kappa shape index (κ1) is 21.0. The zero-order valence-corrected chi connectivity index (χ0v) is 15.3. The first-order valence-electron chi connectivity index (χ1n) is 8.77. The molecule has 1 atom stereocenters. The molecule has 0 saturated carbocycles. The molecule has 6 N–H and O–H groups in total. The summed E-state index contributed by atoms with van der Waals surface area (Å²) in [6, 6.07) is 2.31. The van der Waals surface area contributed by atoms with Crippen LogP contribution < -0.4 is 10.5 Å². The molecular formula is C17H25BN2O7. The van der Waals surface area contributed by atoms with Crippen LogP contribution in [0, 0.1) is 5.92 Å². The molecule has 0 spiro atoms. The molecule has 1 aromatic rings. The van der Waals surface area contributed by atoms with Gasteiger partial charge < -0.3 is 35.6 Å². The number of rotatable bonds is 8. The number of benzene rings is 1. The van der Waals surface area contributed by atoms with Crippen LogP contribution in [0.3, 0.4) is 0 Å². The van der Waals surface area contributed by atoms with Crippen molar-refractivity contribution in [3.05, 3.63) is 23.3 Å². The van der Waals surface area contributed by atoms with Crippen molar-refractivity contribution in [3.8, 4) is 11.5 Å². The minimum absolute atomic E-state index is 0.00134. The molecule has 1 aromatic carbocycles. The zero-order valence-electron chi connectivity index (χ0n) is 15.3. The van der Waals surface area contributed by atoms with Gasteiger partial charge in [0.1, 0.15) is 23.2 Å². The number of carbonyl (C=O) groups is 2. The number of nitrogens with two attached hydrogens (primary N) is 1. The van der Waals surface area contributed by atoms with E-state index < -0.39 is 31.0 Å². The summed E-state index contributed by atoms with van der Waals surface area (Å²) in [5.74, 6) is -1.99. The lowest BCUT2D eigenvalue weighted by Gasteiger charge is -2.40. The molecule has 1 amide bonds. The quantitative estimate of drug-likeness (QED) is 0.385. The minimum Gasteiger partial charge on any atom is -0.507 e. The summed E-state index contributed by atoms with van der Waals surface area (Å²) >= 11 is 0. The van der Waals surface area contributed by atoms with Gasteiger partial charge in [0, 0.05) is 0 Å². The Labute approximate surface area is 157 Å². The lowest BCUT2D eigenvalue weighted by atomic mass is 9.82. The molecule has 1 aliphatic rings. The van der Waals surface area contributed by atoms with Gasteiger partial charge in [-0.05, 0) is 30.3 Å². The van der Waals surface area contributed by atoms with Crippen LogP contribution in [-0.4, -0.2) is 69.4 Å². The van der Waals surface area contributed by atoms with Crippen LogP contribution in [-0.2, 0) is 11.2 Å². The van der Waals surface area contributed by atoms with E-state index >= 15 is 0 Å². The number of phenols is 1. The average molecular weight is 380 g/mol. The Hall–Kier alpha value is -2.30. The van der Waals surface area contributed by atoms with E-state index in [1.54, 1.807) is 4.90 Å². The first-order chi connectivity index (χ1) is 12.6. The number of amides is 1. The van der Waals surface area contributed by atoms with Crippen molar-refractivity contribution in [2.24, 2.45) is 11.7 Å². The van der Waals surface area contributed by atoms with E-state index in [0.717, 1.165) is 0 Å². The standard InChI is InChI=1S/C17H25BN2O7/c1-9(2)14(19)16(22)20-7-11(8-20)27-12-4-3-10(5-6-18(25)26)15(21)13(12)17(23)24/h3-4,9,11,14,21,25-26H,5-8,19H2,1-2H3,(H,23,24)/t14-/m0/s1. The number of aryl methyl sites for hydroxylation is 1. The molecule has 1 heterocycles. The lowest BCUT2D eigenvalue weighted by Crippen LogP contribution is -2.60. The Kier molecular flexibility index (Phi) is 6.69. The average Bonchev–Trinajstić information content (AvgIpc) is 2.54. The fourth-order valence-electron chi connectivity index (χ4n) is 2.78. The Morgan fingerprint density at radius 1 is 1.33 bits per heavy atom. The third-order valence-electron chi connectivity index (χ3n) is 4.57. The highest BCUT2D eigenvalue weighted by molar-refractivity contribution is 6.41. The molecule has 10 heteroatoms. The van der Waals surface area contributed by atoms with Crippen molar-refractivity contribution in [1.29, 1.82) is 0 Å². The summed E-state index contributed by atoms with van der Waals surface area (Å²) in [6.45, 7) is 4.29. The number of carbonyl (C=O) groups excluding carboxylic acids is 1. The number of carboxylic acids is 1. The molecule has 2 rings (SSSR count). The number of nitrogens with zero attached hydrogens (tertiary/aromatic N) is 1. The second-order valence-corrected chi connectivity index (χ2v) is 7.02. The summed E-state index contributed by atoms with van der Waals surface area (Å²) in [6.07, 6.45) is -0.332. The number of ether oxygens (including phenoxy) is 1. The second kappa shape index (κ2) is 8.60. The van der Waals surface area contributed by atoms with Gasteiger partial charge in [-0.25, -0.2) is 4.79 Å². The molecule has 0 aliphatic carbocycles. The van der Waals surface area contributed by atoms with Gasteiger partial charge in [-0.1, -0.05) is 19.9 Å². The van der Waals surface area contributed by atoms with Crippen LogP contribution in [0.1, 0.15) is 29.8 Å². The number of aromatic hydroxyl groups is 1. The Morgan fingerprint density at radius 3 is 2.48 bits per heavy atom.